The van der Waals surface area contributed by atoms with Gasteiger partial charge in [0, 0.05) is 0 Å². The third-order valence-corrected chi connectivity index (χ3v) is 5.58. The lowest BCUT2D eigenvalue weighted by Crippen LogP contribution is -2.22. The Bertz CT molecular complexity index is 1230. The number of hydrogen-bond donors (Lipinski definition) is 0. The molecule has 4 aromatic rings. The molecule has 0 unspecified atom stereocenters. The fourth-order valence-electron chi connectivity index (χ4n) is 2.99. The molecule has 0 amide bonds. The number of ether oxygens (including phenoxy) is 1. The number of thiazole rings is 1. The van der Waals surface area contributed by atoms with Gasteiger partial charge >= 0.3 is 0 Å². The summed E-state index contributed by atoms with van der Waals surface area (Å²) in [7, 11) is 0. The number of nitrogens with zero attached hydrogens (tertiary/aromatic N) is 2. The highest BCUT2D eigenvalue weighted by molar-refractivity contribution is 7.15. The van der Waals surface area contributed by atoms with E-state index in [-0.39, 0.29) is 5.56 Å². The zero-order chi connectivity index (χ0) is 19.1. The number of aromatic nitrogens is 2. The van der Waals surface area contributed by atoms with E-state index in [0.29, 0.717) is 17.1 Å². The van der Waals surface area contributed by atoms with Crippen molar-refractivity contribution in [1.82, 2.24) is 9.38 Å². The maximum atomic E-state index is 12.9. The average molecular weight is 378 g/mol. The lowest BCUT2D eigenvalue weighted by molar-refractivity contribution is 0.271. The lowest BCUT2D eigenvalue weighted by atomic mass is 10.1. The molecule has 0 aliphatic heterocycles. The second kappa shape index (κ2) is 6.82. The van der Waals surface area contributed by atoms with Crippen LogP contribution >= 0.6 is 11.3 Å². The molecule has 0 aliphatic rings. The Morgan fingerprint density at radius 3 is 2.56 bits per heavy atom. The molecule has 0 N–H and O–H groups in total. The molecule has 0 bridgehead atoms. The van der Waals surface area contributed by atoms with Crippen molar-refractivity contribution in [3.63, 3.8) is 0 Å². The minimum atomic E-state index is -0.0131. The van der Waals surface area contributed by atoms with Crippen LogP contribution in [-0.4, -0.2) is 16.0 Å². The first-order chi connectivity index (χ1) is 12.9. The number of imidazole rings is 1. The summed E-state index contributed by atoms with van der Waals surface area (Å²) in [4.78, 5) is 18.3. The Hall–Kier alpha value is -2.66. The van der Waals surface area contributed by atoms with Crippen molar-refractivity contribution in [2.24, 2.45) is 5.92 Å². The first-order valence-corrected chi connectivity index (χ1v) is 9.91. The number of fused-ring (bicyclic) bond motifs is 3. The van der Waals surface area contributed by atoms with E-state index >= 15 is 0 Å². The first kappa shape index (κ1) is 17.7. The van der Waals surface area contributed by atoms with Crippen molar-refractivity contribution in [2.75, 3.05) is 6.61 Å². The summed E-state index contributed by atoms with van der Waals surface area (Å²) in [6.07, 6.45) is 1.92. The molecular weight excluding hydrogens is 356 g/mol. The molecule has 4 nitrogen and oxygen atoms in total. The fourth-order valence-corrected chi connectivity index (χ4v) is 3.98. The third kappa shape index (κ3) is 3.35. The van der Waals surface area contributed by atoms with Gasteiger partial charge in [-0.1, -0.05) is 37.3 Å². The zero-order valence-corrected chi connectivity index (χ0v) is 16.8. The molecule has 2 aromatic carbocycles. The van der Waals surface area contributed by atoms with Crippen LogP contribution in [0.4, 0.5) is 0 Å². The molecule has 0 fully saturated rings. The third-order valence-electron chi connectivity index (χ3n) is 4.62. The Morgan fingerprint density at radius 2 is 1.85 bits per heavy atom. The lowest BCUT2D eigenvalue weighted by Gasteiger charge is -2.08. The Labute approximate surface area is 161 Å². The van der Waals surface area contributed by atoms with E-state index in [0.717, 1.165) is 32.9 Å². The van der Waals surface area contributed by atoms with E-state index in [2.05, 4.69) is 32.7 Å². The zero-order valence-electron chi connectivity index (χ0n) is 15.9. The smallest absolute Gasteiger partial charge is 0.274 e. The summed E-state index contributed by atoms with van der Waals surface area (Å²) in [5.41, 5.74) is 5.07. The van der Waals surface area contributed by atoms with Gasteiger partial charge in [0.25, 0.3) is 5.56 Å². The molecule has 0 radical (unpaired) electrons. The second-order valence-electron chi connectivity index (χ2n) is 7.34. The van der Waals surface area contributed by atoms with E-state index in [1.165, 1.54) is 16.9 Å². The fraction of sp³-hybridized carbons (Fsp3) is 0.273. The quantitative estimate of drug-likeness (QED) is 0.537. The van der Waals surface area contributed by atoms with Crippen LogP contribution in [0.15, 0.2) is 41.2 Å². The maximum absolute atomic E-state index is 12.9. The van der Waals surface area contributed by atoms with E-state index in [9.17, 15) is 4.79 Å². The normalized spacial score (nSPS) is 12.6. The van der Waals surface area contributed by atoms with Crippen molar-refractivity contribution >= 4 is 33.4 Å². The Morgan fingerprint density at radius 1 is 1.15 bits per heavy atom. The SMILES string of the molecule is Cc1cc2nc3s/c(=C\c4ccc(OCC(C)C)cc4)c(=O)n3c2cc1C. The Balaban J connectivity index is 1.74. The van der Waals surface area contributed by atoms with Crippen LogP contribution in [0.3, 0.4) is 0 Å². The van der Waals surface area contributed by atoms with Gasteiger partial charge in [-0.05, 0) is 66.8 Å². The van der Waals surface area contributed by atoms with E-state index in [4.69, 9.17) is 4.74 Å². The van der Waals surface area contributed by atoms with Crippen molar-refractivity contribution in [2.45, 2.75) is 27.7 Å². The molecule has 2 heterocycles. The van der Waals surface area contributed by atoms with Crippen molar-refractivity contribution < 1.29 is 4.74 Å². The maximum Gasteiger partial charge on any atom is 0.274 e. The highest BCUT2D eigenvalue weighted by Crippen LogP contribution is 2.21. The summed E-state index contributed by atoms with van der Waals surface area (Å²) >= 11 is 1.43. The van der Waals surface area contributed by atoms with Gasteiger partial charge in [-0.3, -0.25) is 4.79 Å². The molecule has 4 rings (SSSR count). The van der Waals surface area contributed by atoms with Crippen molar-refractivity contribution in [1.29, 1.82) is 0 Å². The predicted octanol–water partition coefficient (Wildman–Crippen LogP) is 4.11. The van der Waals surface area contributed by atoms with Gasteiger partial charge in [0.15, 0.2) is 4.96 Å². The van der Waals surface area contributed by atoms with E-state index < -0.39 is 0 Å². The van der Waals surface area contributed by atoms with Crippen LogP contribution in [-0.2, 0) is 0 Å². The van der Waals surface area contributed by atoms with Gasteiger partial charge in [0.05, 0.1) is 22.2 Å². The summed E-state index contributed by atoms with van der Waals surface area (Å²) in [5.74, 6) is 1.34. The molecule has 5 heteroatoms. The van der Waals surface area contributed by atoms with Crippen molar-refractivity contribution in [3.05, 3.63) is 68.0 Å². The minimum absolute atomic E-state index is 0.0131. The number of benzene rings is 2. The molecule has 0 atom stereocenters. The van der Waals surface area contributed by atoms with Gasteiger partial charge in [-0.2, -0.15) is 0 Å². The van der Waals surface area contributed by atoms with Gasteiger partial charge in [0.2, 0.25) is 0 Å². The van der Waals surface area contributed by atoms with Gasteiger partial charge < -0.3 is 4.74 Å². The molecule has 138 valence electrons. The van der Waals surface area contributed by atoms with Crippen molar-refractivity contribution in [3.8, 4) is 5.75 Å². The molecule has 0 spiro atoms. The van der Waals surface area contributed by atoms with E-state index in [1.54, 1.807) is 4.40 Å². The topological polar surface area (TPSA) is 43.6 Å². The standard InChI is InChI=1S/C22H22N2O2S/c1-13(2)12-26-17-7-5-16(6-8-17)11-20-21(25)24-19-10-15(4)14(3)9-18(19)23-22(24)27-20/h5-11,13H,12H2,1-4H3/b20-11-. The molecular formula is C22H22N2O2S. The summed E-state index contributed by atoms with van der Waals surface area (Å²) in [5, 5.41) is 0. The average Bonchev–Trinajstić information content (AvgIpc) is 3.11. The van der Waals surface area contributed by atoms with Crippen LogP contribution in [0.2, 0.25) is 0 Å². The van der Waals surface area contributed by atoms with Gasteiger partial charge in [-0.15, -0.1) is 0 Å². The minimum Gasteiger partial charge on any atom is -0.493 e. The number of rotatable bonds is 4. The summed E-state index contributed by atoms with van der Waals surface area (Å²) < 4.78 is 8.12. The first-order valence-electron chi connectivity index (χ1n) is 9.09. The van der Waals surface area contributed by atoms with Crippen LogP contribution in [0.1, 0.15) is 30.5 Å². The number of aryl methyl sites for hydroxylation is 2. The Kier molecular flexibility index (Phi) is 4.48. The van der Waals surface area contributed by atoms with Gasteiger partial charge in [0.1, 0.15) is 5.75 Å². The highest BCUT2D eigenvalue weighted by atomic mass is 32.1. The highest BCUT2D eigenvalue weighted by Gasteiger charge is 2.12. The monoisotopic (exact) mass is 378 g/mol. The molecule has 0 saturated carbocycles. The summed E-state index contributed by atoms with van der Waals surface area (Å²) in [6.45, 7) is 9.06. The van der Waals surface area contributed by atoms with Crippen LogP contribution in [0, 0.1) is 19.8 Å². The second-order valence-corrected chi connectivity index (χ2v) is 8.35. The molecule has 2 aromatic heterocycles. The largest absolute Gasteiger partial charge is 0.493 e. The summed E-state index contributed by atoms with van der Waals surface area (Å²) in [6, 6.07) is 11.9. The van der Waals surface area contributed by atoms with Gasteiger partial charge in [-0.25, -0.2) is 9.38 Å². The van der Waals surface area contributed by atoms with E-state index in [1.807, 2.05) is 42.5 Å². The molecule has 27 heavy (non-hydrogen) atoms. The van der Waals surface area contributed by atoms with Crippen LogP contribution in [0.25, 0.3) is 22.1 Å². The van der Waals surface area contributed by atoms with Crippen LogP contribution in [0.5, 0.6) is 5.75 Å². The predicted molar refractivity (Wildman–Crippen MR) is 112 cm³/mol. The number of hydrogen-bond acceptors (Lipinski definition) is 4. The molecule has 0 saturated heterocycles. The van der Waals surface area contributed by atoms with Crippen LogP contribution < -0.4 is 14.8 Å². The molecule has 0 aliphatic carbocycles.